The fourth-order valence-corrected chi connectivity index (χ4v) is 1.55. The van der Waals surface area contributed by atoms with Gasteiger partial charge in [0.05, 0.1) is 11.3 Å². The van der Waals surface area contributed by atoms with Crippen LogP contribution in [-0.4, -0.2) is 10.9 Å². The molecule has 0 radical (unpaired) electrons. The number of carbonyl (C=O) groups excluding carboxylic acids is 1. The fourth-order valence-electron chi connectivity index (χ4n) is 1.55. The number of primary amides is 1. The molecule has 0 aliphatic heterocycles. The molecule has 1 aromatic heterocycles. The summed E-state index contributed by atoms with van der Waals surface area (Å²) in [5, 5.41) is 0. The first kappa shape index (κ1) is 12.1. The molecule has 1 aromatic carbocycles. The molecule has 0 fully saturated rings. The molecule has 4 N–H and O–H groups in total. The highest BCUT2D eigenvalue weighted by Gasteiger charge is 2.11. The van der Waals surface area contributed by atoms with E-state index in [4.69, 9.17) is 16.2 Å². The second kappa shape index (κ2) is 5.29. The molecular formula is C13H13N3O2. The zero-order chi connectivity index (χ0) is 13.0. The minimum absolute atomic E-state index is 0.259. The molecule has 18 heavy (non-hydrogen) atoms. The Bertz CT molecular complexity index is 570. The van der Waals surface area contributed by atoms with Crippen LogP contribution in [-0.2, 0) is 6.54 Å². The molecule has 92 valence electrons. The van der Waals surface area contributed by atoms with Gasteiger partial charge in [0.25, 0.3) is 5.91 Å². The van der Waals surface area contributed by atoms with Gasteiger partial charge in [-0.1, -0.05) is 12.1 Å². The van der Waals surface area contributed by atoms with Crippen LogP contribution in [0.2, 0.25) is 0 Å². The number of para-hydroxylation sites is 1. The fraction of sp³-hybridized carbons (Fsp3) is 0.0769. The topological polar surface area (TPSA) is 91.2 Å². The van der Waals surface area contributed by atoms with E-state index in [0.29, 0.717) is 22.8 Å². The first-order valence-corrected chi connectivity index (χ1v) is 5.43. The SMILES string of the molecule is NCc1ncccc1Oc1ccccc1C(N)=O. The Morgan fingerprint density at radius 2 is 1.89 bits per heavy atom. The van der Waals surface area contributed by atoms with Gasteiger partial charge in [-0.15, -0.1) is 0 Å². The van der Waals surface area contributed by atoms with Gasteiger partial charge in [0, 0.05) is 12.7 Å². The van der Waals surface area contributed by atoms with E-state index in [1.807, 2.05) is 0 Å². The number of pyridine rings is 1. The zero-order valence-corrected chi connectivity index (χ0v) is 9.67. The average molecular weight is 243 g/mol. The van der Waals surface area contributed by atoms with Crippen LogP contribution in [0.1, 0.15) is 16.1 Å². The monoisotopic (exact) mass is 243 g/mol. The van der Waals surface area contributed by atoms with Crippen molar-refractivity contribution in [3.63, 3.8) is 0 Å². The Balaban J connectivity index is 2.37. The number of nitrogens with two attached hydrogens (primary N) is 2. The van der Waals surface area contributed by atoms with Gasteiger partial charge in [0.1, 0.15) is 11.5 Å². The predicted octanol–water partition coefficient (Wildman–Crippen LogP) is 1.43. The molecule has 1 amide bonds. The molecule has 0 unspecified atom stereocenters. The summed E-state index contributed by atoms with van der Waals surface area (Å²) in [6.45, 7) is 0.259. The second-order valence-electron chi connectivity index (χ2n) is 3.61. The van der Waals surface area contributed by atoms with Crippen LogP contribution in [0.3, 0.4) is 0 Å². The Kier molecular flexibility index (Phi) is 3.54. The van der Waals surface area contributed by atoms with Gasteiger partial charge in [-0.25, -0.2) is 0 Å². The van der Waals surface area contributed by atoms with E-state index in [-0.39, 0.29) is 6.54 Å². The molecule has 0 saturated carbocycles. The van der Waals surface area contributed by atoms with Crippen molar-refractivity contribution in [2.45, 2.75) is 6.54 Å². The Labute approximate surface area is 104 Å². The number of ether oxygens (including phenoxy) is 1. The third-order valence-electron chi connectivity index (χ3n) is 2.41. The van der Waals surface area contributed by atoms with Gasteiger partial charge in [-0.3, -0.25) is 9.78 Å². The van der Waals surface area contributed by atoms with Crippen molar-refractivity contribution in [2.75, 3.05) is 0 Å². The van der Waals surface area contributed by atoms with Gasteiger partial charge in [-0.05, 0) is 24.3 Å². The van der Waals surface area contributed by atoms with Crippen LogP contribution in [0.25, 0.3) is 0 Å². The number of amides is 1. The second-order valence-corrected chi connectivity index (χ2v) is 3.61. The van der Waals surface area contributed by atoms with E-state index < -0.39 is 5.91 Å². The molecule has 1 heterocycles. The van der Waals surface area contributed by atoms with E-state index in [2.05, 4.69) is 4.98 Å². The smallest absolute Gasteiger partial charge is 0.252 e. The van der Waals surface area contributed by atoms with Crippen molar-refractivity contribution in [3.8, 4) is 11.5 Å². The number of hydrogen-bond donors (Lipinski definition) is 2. The Morgan fingerprint density at radius 3 is 2.61 bits per heavy atom. The molecule has 5 heteroatoms. The average Bonchev–Trinajstić information content (AvgIpc) is 2.40. The normalized spacial score (nSPS) is 10.1. The van der Waals surface area contributed by atoms with Crippen LogP contribution in [0.4, 0.5) is 0 Å². The molecule has 0 bridgehead atoms. The van der Waals surface area contributed by atoms with E-state index in [1.165, 1.54) is 0 Å². The summed E-state index contributed by atoms with van der Waals surface area (Å²) in [7, 11) is 0. The van der Waals surface area contributed by atoms with Crippen molar-refractivity contribution < 1.29 is 9.53 Å². The lowest BCUT2D eigenvalue weighted by Crippen LogP contribution is -2.12. The minimum Gasteiger partial charge on any atom is -0.455 e. The standard InChI is InChI=1S/C13H13N3O2/c14-8-10-12(6-3-7-16-10)18-11-5-2-1-4-9(11)13(15)17/h1-7H,8,14H2,(H2,15,17). The summed E-state index contributed by atoms with van der Waals surface area (Å²) in [6.07, 6.45) is 1.63. The van der Waals surface area contributed by atoms with Gasteiger partial charge in [-0.2, -0.15) is 0 Å². The molecule has 0 aliphatic rings. The van der Waals surface area contributed by atoms with Crippen LogP contribution >= 0.6 is 0 Å². The van der Waals surface area contributed by atoms with Crippen LogP contribution in [0.5, 0.6) is 11.5 Å². The quantitative estimate of drug-likeness (QED) is 0.849. The zero-order valence-electron chi connectivity index (χ0n) is 9.67. The van der Waals surface area contributed by atoms with Crippen molar-refractivity contribution in [1.82, 2.24) is 4.98 Å². The summed E-state index contributed by atoms with van der Waals surface area (Å²) in [5.74, 6) is 0.380. The number of aromatic nitrogens is 1. The summed E-state index contributed by atoms with van der Waals surface area (Å²) >= 11 is 0. The highest BCUT2D eigenvalue weighted by atomic mass is 16.5. The van der Waals surface area contributed by atoms with Gasteiger partial charge in [0.15, 0.2) is 0 Å². The maximum atomic E-state index is 11.3. The maximum absolute atomic E-state index is 11.3. The van der Waals surface area contributed by atoms with Gasteiger partial charge >= 0.3 is 0 Å². The summed E-state index contributed by atoms with van der Waals surface area (Å²) in [6, 6.07) is 10.2. The van der Waals surface area contributed by atoms with E-state index in [9.17, 15) is 4.79 Å². The van der Waals surface area contributed by atoms with Crippen molar-refractivity contribution in [1.29, 1.82) is 0 Å². The highest BCUT2D eigenvalue weighted by molar-refractivity contribution is 5.95. The number of rotatable bonds is 4. The van der Waals surface area contributed by atoms with E-state index in [1.54, 1.807) is 42.6 Å². The first-order valence-electron chi connectivity index (χ1n) is 5.43. The molecule has 2 aromatic rings. The highest BCUT2D eigenvalue weighted by Crippen LogP contribution is 2.26. The van der Waals surface area contributed by atoms with Crippen molar-refractivity contribution in [3.05, 3.63) is 53.9 Å². The largest absolute Gasteiger partial charge is 0.455 e. The van der Waals surface area contributed by atoms with Gasteiger partial charge < -0.3 is 16.2 Å². The number of carbonyl (C=O) groups is 1. The maximum Gasteiger partial charge on any atom is 0.252 e. The summed E-state index contributed by atoms with van der Waals surface area (Å²) in [4.78, 5) is 15.4. The van der Waals surface area contributed by atoms with E-state index in [0.717, 1.165) is 0 Å². The number of benzene rings is 1. The lowest BCUT2D eigenvalue weighted by Gasteiger charge is -2.11. The Morgan fingerprint density at radius 1 is 1.17 bits per heavy atom. The minimum atomic E-state index is -0.538. The van der Waals surface area contributed by atoms with Crippen molar-refractivity contribution >= 4 is 5.91 Å². The summed E-state index contributed by atoms with van der Waals surface area (Å²) < 4.78 is 5.65. The molecule has 0 atom stereocenters. The van der Waals surface area contributed by atoms with Crippen LogP contribution in [0.15, 0.2) is 42.6 Å². The summed E-state index contributed by atoms with van der Waals surface area (Å²) in [5.41, 5.74) is 11.8. The number of hydrogen-bond acceptors (Lipinski definition) is 4. The molecule has 0 aliphatic carbocycles. The third-order valence-corrected chi connectivity index (χ3v) is 2.41. The van der Waals surface area contributed by atoms with Crippen molar-refractivity contribution in [2.24, 2.45) is 11.5 Å². The third kappa shape index (κ3) is 2.46. The first-order chi connectivity index (χ1) is 8.72. The molecule has 5 nitrogen and oxygen atoms in total. The lowest BCUT2D eigenvalue weighted by molar-refractivity contribution is 0.0998. The lowest BCUT2D eigenvalue weighted by atomic mass is 10.2. The molecular weight excluding hydrogens is 230 g/mol. The molecule has 0 saturated heterocycles. The van der Waals surface area contributed by atoms with Crippen LogP contribution in [0, 0.1) is 0 Å². The van der Waals surface area contributed by atoms with Crippen LogP contribution < -0.4 is 16.2 Å². The van der Waals surface area contributed by atoms with Gasteiger partial charge in [0.2, 0.25) is 0 Å². The Hall–Kier alpha value is -2.40. The number of nitrogens with zero attached hydrogens (tertiary/aromatic N) is 1. The molecule has 0 spiro atoms. The predicted molar refractivity (Wildman–Crippen MR) is 67.2 cm³/mol. The molecule has 2 rings (SSSR count). The van der Waals surface area contributed by atoms with E-state index >= 15 is 0 Å².